The molecule has 2 rings (SSSR count). The Labute approximate surface area is 160 Å². The van der Waals surface area contributed by atoms with Gasteiger partial charge in [-0.25, -0.2) is 0 Å². The third-order valence-electron chi connectivity index (χ3n) is 5.31. The minimum atomic E-state index is -0.343. The van der Waals surface area contributed by atoms with Gasteiger partial charge in [0, 0.05) is 38.4 Å². The van der Waals surface area contributed by atoms with E-state index >= 15 is 0 Å². The molecule has 0 aromatic rings. The molecule has 2 aliphatic heterocycles. The normalized spacial score (nSPS) is 22.2. The van der Waals surface area contributed by atoms with Crippen molar-refractivity contribution in [3.63, 3.8) is 0 Å². The second-order valence-electron chi connectivity index (χ2n) is 7.35. The maximum absolute atomic E-state index is 12.4. The van der Waals surface area contributed by atoms with Crippen LogP contribution in [0.5, 0.6) is 0 Å². The lowest BCUT2D eigenvalue weighted by Crippen LogP contribution is -2.47. The second kappa shape index (κ2) is 10.8. The summed E-state index contributed by atoms with van der Waals surface area (Å²) in [4.78, 5) is 39.5. The molecule has 26 heavy (non-hydrogen) atoms. The van der Waals surface area contributed by atoms with Crippen LogP contribution in [0.3, 0.4) is 0 Å². The SMILES string of the molecule is CSCCC(=O)N1CCC(CNC(=O)C2CCCN(CC(N)=O)C2)CC1. The third-order valence-corrected chi connectivity index (χ3v) is 5.92. The molecule has 1 unspecified atom stereocenters. The number of carbonyl (C=O) groups is 3. The minimum Gasteiger partial charge on any atom is -0.369 e. The lowest BCUT2D eigenvalue weighted by Gasteiger charge is -2.33. The zero-order valence-electron chi connectivity index (χ0n) is 15.7. The van der Waals surface area contributed by atoms with E-state index in [4.69, 9.17) is 5.73 Å². The van der Waals surface area contributed by atoms with Crippen molar-refractivity contribution in [1.29, 1.82) is 0 Å². The Morgan fingerprint density at radius 3 is 2.54 bits per heavy atom. The van der Waals surface area contributed by atoms with Gasteiger partial charge in [-0.3, -0.25) is 19.3 Å². The van der Waals surface area contributed by atoms with Crippen molar-refractivity contribution < 1.29 is 14.4 Å². The van der Waals surface area contributed by atoms with Crippen LogP contribution in [-0.2, 0) is 14.4 Å². The molecule has 0 radical (unpaired) electrons. The molecule has 148 valence electrons. The lowest BCUT2D eigenvalue weighted by atomic mass is 9.94. The number of amides is 3. The van der Waals surface area contributed by atoms with Gasteiger partial charge in [0.15, 0.2) is 0 Å². The van der Waals surface area contributed by atoms with E-state index in [0.717, 1.165) is 51.1 Å². The predicted octanol–water partition coefficient (Wildman–Crippen LogP) is 0.292. The summed E-state index contributed by atoms with van der Waals surface area (Å²) in [5.41, 5.74) is 5.25. The van der Waals surface area contributed by atoms with Crippen molar-refractivity contribution >= 4 is 29.5 Å². The van der Waals surface area contributed by atoms with Crippen molar-refractivity contribution in [1.82, 2.24) is 15.1 Å². The Kier molecular flexibility index (Phi) is 8.71. The first-order valence-corrected chi connectivity index (χ1v) is 10.9. The molecule has 3 N–H and O–H groups in total. The molecule has 2 aliphatic rings. The number of carbonyl (C=O) groups excluding carboxylic acids is 3. The molecule has 0 spiro atoms. The summed E-state index contributed by atoms with van der Waals surface area (Å²) in [5.74, 6) is 1.24. The summed E-state index contributed by atoms with van der Waals surface area (Å²) in [6.07, 6.45) is 6.31. The third kappa shape index (κ3) is 6.79. The van der Waals surface area contributed by atoms with Crippen LogP contribution in [0, 0.1) is 11.8 Å². The van der Waals surface area contributed by atoms with E-state index in [9.17, 15) is 14.4 Å². The average Bonchev–Trinajstić information content (AvgIpc) is 2.64. The summed E-state index contributed by atoms with van der Waals surface area (Å²) < 4.78 is 0. The fourth-order valence-electron chi connectivity index (χ4n) is 3.76. The molecule has 0 aromatic heterocycles. The van der Waals surface area contributed by atoms with Gasteiger partial charge >= 0.3 is 0 Å². The highest BCUT2D eigenvalue weighted by atomic mass is 32.2. The van der Waals surface area contributed by atoms with E-state index < -0.39 is 0 Å². The van der Waals surface area contributed by atoms with Crippen LogP contribution < -0.4 is 11.1 Å². The van der Waals surface area contributed by atoms with Crippen LogP contribution in [0.25, 0.3) is 0 Å². The van der Waals surface area contributed by atoms with Gasteiger partial charge in [-0.05, 0) is 44.4 Å². The number of hydrogen-bond acceptors (Lipinski definition) is 5. The van der Waals surface area contributed by atoms with Gasteiger partial charge in [0.05, 0.1) is 12.5 Å². The maximum Gasteiger partial charge on any atom is 0.231 e. The number of nitrogens with one attached hydrogen (secondary N) is 1. The van der Waals surface area contributed by atoms with Crippen LogP contribution >= 0.6 is 11.8 Å². The van der Waals surface area contributed by atoms with Gasteiger partial charge in [-0.1, -0.05) is 0 Å². The van der Waals surface area contributed by atoms with E-state index in [1.807, 2.05) is 16.1 Å². The molecule has 7 nitrogen and oxygen atoms in total. The van der Waals surface area contributed by atoms with Gasteiger partial charge in [-0.2, -0.15) is 11.8 Å². The number of rotatable bonds is 8. The fraction of sp³-hybridized carbons (Fsp3) is 0.833. The molecule has 2 saturated heterocycles. The number of piperidine rings is 2. The average molecular weight is 385 g/mol. The molecule has 3 amide bonds. The first kappa shape index (κ1) is 21.0. The molecule has 0 aliphatic carbocycles. The van der Waals surface area contributed by atoms with Crippen molar-refractivity contribution in [2.75, 3.05) is 51.3 Å². The summed E-state index contributed by atoms with van der Waals surface area (Å²) in [5, 5.41) is 3.09. The van der Waals surface area contributed by atoms with E-state index in [2.05, 4.69) is 5.32 Å². The van der Waals surface area contributed by atoms with Gasteiger partial charge in [0.25, 0.3) is 0 Å². The Morgan fingerprint density at radius 1 is 1.15 bits per heavy atom. The largest absolute Gasteiger partial charge is 0.369 e. The van der Waals surface area contributed by atoms with Crippen LogP contribution in [0.2, 0.25) is 0 Å². The quantitative estimate of drug-likeness (QED) is 0.627. The monoisotopic (exact) mass is 384 g/mol. The summed E-state index contributed by atoms with van der Waals surface area (Å²) in [6.45, 7) is 3.94. The van der Waals surface area contributed by atoms with Gasteiger partial charge in [0.1, 0.15) is 0 Å². The molecule has 2 fully saturated rings. The van der Waals surface area contributed by atoms with Gasteiger partial charge < -0.3 is 16.0 Å². The Balaban J connectivity index is 1.67. The van der Waals surface area contributed by atoms with E-state index in [-0.39, 0.29) is 30.2 Å². The van der Waals surface area contributed by atoms with Crippen molar-refractivity contribution in [3.05, 3.63) is 0 Å². The molecule has 8 heteroatoms. The van der Waals surface area contributed by atoms with Crippen LogP contribution in [-0.4, -0.2) is 78.8 Å². The number of primary amides is 1. The predicted molar refractivity (Wildman–Crippen MR) is 104 cm³/mol. The first-order chi connectivity index (χ1) is 12.5. The second-order valence-corrected chi connectivity index (χ2v) is 8.34. The molecular formula is C18H32N4O3S. The molecule has 2 heterocycles. The Morgan fingerprint density at radius 2 is 1.88 bits per heavy atom. The Bertz CT molecular complexity index is 495. The molecule has 0 saturated carbocycles. The molecule has 1 atom stereocenters. The summed E-state index contributed by atoms with van der Waals surface area (Å²) in [6, 6.07) is 0. The van der Waals surface area contributed by atoms with Crippen molar-refractivity contribution in [2.24, 2.45) is 17.6 Å². The zero-order chi connectivity index (χ0) is 18.9. The highest BCUT2D eigenvalue weighted by Gasteiger charge is 2.28. The standard InChI is InChI=1S/C18H32N4O3S/c1-26-10-6-17(24)22-8-4-14(5-9-22)11-20-18(25)15-3-2-7-21(12-15)13-16(19)23/h14-15H,2-13H2,1H3,(H2,19,23)(H,20,25). The highest BCUT2D eigenvalue weighted by molar-refractivity contribution is 7.98. The minimum absolute atomic E-state index is 0.0590. The highest BCUT2D eigenvalue weighted by Crippen LogP contribution is 2.19. The van der Waals surface area contributed by atoms with Gasteiger partial charge in [0.2, 0.25) is 17.7 Å². The zero-order valence-corrected chi connectivity index (χ0v) is 16.6. The maximum atomic E-state index is 12.4. The van der Waals surface area contributed by atoms with E-state index in [0.29, 0.717) is 25.4 Å². The smallest absolute Gasteiger partial charge is 0.231 e. The molecule has 0 aromatic carbocycles. The van der Waals surface area contributed by atoms with Crippen LogP contribution in [0.4, 0.5) is 0 Å². The van der Waals surface area contributed by atoms with Crippen LogP contribution in [0.1, 0.15) is 32.1 Å². The lowest BCUT2D eigenvalue weighted by molar-refractivity contribution is -0.132. The first-order valence-electron chi connectivity index (χ1n) is 9.54. The fourth-order valence-corrected chi connectivity index (χ4v) is 4.14. The summed E-state index contributed by atoms with van der Waals surface area (Å²) >= 11 is 1.70. The topological polar surface area (TPSA) is 95.7 Å². The molecular weight excluding hydrogens is 352 g/mol. The Hall–Kier alpha value is -1.28. The van der Waals surface area contributed by atoms with Crippen molar-refractivity contribution in [2.45, 2.75) is 32.1 Å². The van der Waals surface area contributed by atoms with Crippen LogP contribution in [0.15, 0.2) is 0 Å². The number of likely N-dealkylation sites (tertiary alicyclic amines) is 2. The van der Waals surface area contributed by atoms with E-state index in [1.165, 1.54) is 0 Å². The molecule has 0 bridgehead atoms. The number of thioether (sulfide) groups is 1. The van der Waals surface area contributed by atoms with E-state index in [1.54, 1.807) is 11.8 Å². The summed E-state index contributed by atoms with van der Waals surface area (Å²) in [7, 11) is 0. The number of hydrogen-bond donors (Lipinski definition) is 2. The van der Waals surface area contributed by atoms with Crippen molar-refractivity contribution in [3.8, 4) is 0 Å². The number of nitrogens with two attached hydrogens (primary N) is 1. The van der Waals surface area contributed by atoms with Gasteiger partial charge in [-0.15, -0.1) is 0 Å². The number of nitrogens with zero attached hydrogens (tertiary/aromatic N) is 2.